The van der Waals surface area contributed by atoms with Gasteiger partial charge in [0.2, 0.25) is 5.43 Å². The van der Waals surface area contributed by atoms with Gasteiger partial charge in [0.15, 0.2) is 0 Å². The first-order valence-corrected chi connectivity index (χ1v) is 33.1. The molecule has 0 radical (unpaired) electrons. The van der Waals surface area contributed by atoms with Crippen LogP contribution in [0.15, 0.2) is 23.1 Å². The Bertz CT molecular complexity index is 2520. The van der Waals surface area contributed by atoms with Crippen LogP contribution in [0, 0.1) is 29.6 Å². The first kappa shape index (κ1) is 59.8. The number of aryl methyl sites for hydroxylation is 3. The van der Waals surface area contributed by atoms with Gasteiger partial charge in [0.05, 0.1) is 5.52 Å². The average Bonchev–Trinajstić information content (AvgIpc) is 3.68. The number of ketones is 1. The Morgan fingerprint density at radius 1 is 1.05 bits per heavy atom. The van der Waals surface area contributed by atoms with E-state index >= 15 is 0 Å². The second kappa shape index (κ2) is 24.4. The normalized spacial score (nSPS) is 38.3. The van der Waals surface area contributed by atoms with Gasteiger partial charge in [-0.1, -0.05) is 0 Å². The van der Waals surface area contributed by atoms with E-state index in [0.717, 1.165) is 61.8 Å². The number of hydrogen-bond acceptors (Lipinski definition) is 16. The molecule has 77 heavy (non-hydrogen) atoms. The summed E-state index contributed by atoms with van der Waals surface area (Å²) in [5.74, 6) is -4.72. The average molecular weight is 1190 g/mol. The topological polar surface area (TPSA) is 235 Å². The number of carboxylic acid groups (broad SMARTS) is 1. The summed E-state index contributed by atoms with van der Waals surface area (Å²) in [7, 11) is 5.58. The number of hydrogen-bond donors (Lipinski definition) is 5. The number of alkyl halides is 3. The number of alkyl carbamates (subject to hydrolysis) is 1. The number of likely N-dealkylation sites (N-methyl/N-ethyl adjacent to an activating group) is 1. The van der Waals surface area contributed by atoms with E-state index in [4.69, 9.17) is 33.2 Å². The van der Waals surface area contributed by atoms with Crippen LogP contribution in [-0.2, 0) is 62.1 Å². The van der Waals surface area contributed by atoms with Gasteiger partial charge >= 0.3 is 402 Å². The standard InChI is InChI=1S/C57H88IN5O14/c1-13-44-56(8)57(61-54(70)77-56)41(29-60-57)47(64)31(2)27-55(7,71-12)40(26-43-49(66)42(62(10)11)23-32(3)73-43)33(4)50(34(5)53(69)75-44)76-45-28-58(9)51(35(6)74-45)72-22-16-20-59-19-14-17-36-24-37-18-15-21-63-30-39(52(67)68)48(65)38(25-36)46(37)63/h24-25,30-35,40-45,49-51,59-60,66H,13-23,26-29H2,1-12H3,(H,61,70)(H,67,68)/t31-,32-,33-,34-,35+,40-,41+,42+,43+,44-,45+,49-,50+,51+,55-,56-,57?/m1/s1. The fourth-order valence-corrected chi connectivity index (χ4v) is 18.7. The number of cyclic esters (lactones) is 1. The van der Waals surface area contributed by atoms with Crippen molar-refractivity contribution in [3.8, 4) is 0 Å². The van der Waals surface area contributed by atoms with Crippen molar-refractivity contribution in [1.82, 2.24) is 25.4 Å². The molecule has 0 saturated carbocycles. The molecule has 1 spiro atoms. The minimum absolute atomic E-state index is 0.0619. The summed E-state index contributed by atoms with van der Waals surface area (Å²) in [5.41, 5.74) is -1.33. The molecule has 6 aliphatic rings. The molecule has 19 nitrogen and oxygen atoms in total. The summed E-state index contributed by atoms with van der Waals surface area (Å²) in [4.78, 5) is 72.2. The van der Waals surface area contributed by atoms with Crippen molar-refractivity contribution in [2.75, 3.05) is 56.8 Å². The van der Waals surface area contributed by atoms with Crippen LogP contribution in [0.25, 0.3) is 10.9 Å². The van der Waals surface area contributed by atoms with Crippen molar-refractivity contribution in [2.45, 2.75) is 190 Å². The summed E-state index contributed by atoms with van der Waals surface area (Å²) in [6.45, 7) is 18.5. The summed E-state index contributed by atoms with van der Waals surface area (Å²) in [6.07, 6.45) is 2.38. The van der Waals surface area contributed by atoms with Crippen LogP contribution in [0.2, 0.25) is 0 Å². The number of carbonyl (C=O) groups is 4. The van der Waals surface area contributed by atoms with Gasteiger partial charge in [-0.2, -0.15) is 0 Å². The number of carboxylic acids is 1. The molecule has 1 aromatic heterocycles. The number of ether oxygens (including phenoxy) is 7. The molecule has 2 aromatic rings. The molecule has 0 aliphatic carbocycles. The van der Waals surface area contributed by atoms with Crippen molar-refractivity contribution >= 4 is 54.5 Å². The van der Waals surface area contributed by atoms with E-state index < -0.39 is 120 Å². The number of carbonyl (C=O) groups excluding carboxylic acids is 3. The number of rotatable bonds is 17. The number of aliphatic hydroxyl groups excluding tert-OH is 1. The van der Waals surface area contributed by atoms with Crippen LogP contribution in [0.1, 0.15) is 122 Å². The number of benzene rings is 1. The molecule has 1 amide bonds. The van der Waals surface area contributed by atoms with Crippen LogP contribution in [-0.4, -0.2) is 170 Å². The fourth-order valence-electron chi connectivity index (χ4n) is 13.9. The molecule has 5 N–H and O–H groups in total. The Hall–Kier alpha value is -3.32. The van der Waals surface area contributed by atoms with Crippen LogP contribution in [0.3, 0.4) is 0 Å². The zero-order chi connectivity index (χ0) is 55.9. The molecule has 5 saturated heterocycles. The quantitative estimate of drug-likeness (QED) is 0.0556. The molecule has 20 heteroatoms. The molecule has 7 heterocycles. The Kier molecular flexibility index (Phi) is 19.0. The van der Waals surface area contributed by atoms with E-state index in [1.165, 1.54) is 6.20 Å². The summed E-state index contributed by atoms with van der Waals surface area (Å²) >= 11 is -1.90. The Morgan fingerprint density at radius 2 is 1.79 bits per heavy atom. The third kappa shape index (κ3) is 11.9. The maximum absolute atomic E-state index is 14.9. The molecular weight excluding hydrogens is 1110 g/mol. The number of aromatic nitrogens is 1. The fraction of sp³-hybridized carbons (Fsp3) is 0.772. The van der Waals surface area contributed by atoms with Crippen LogP contribution in [0.4, 0.5) is 4.79 Å². The monoisotopic (exact) mass is 1190 g/mol. The molecule has 5 fully saturated rings. The number of halogens is 1. The predicted octanol–water partition coefficient (Wildman–Crippen LogP) is 5.66. The predicted molar refractivity (Wildman–Crippen MR) is 299 cm³/mol. The summed E-state index contributed by atoms with van der Waals surface area (Å²) in [5, 5.41) is 32.0. The molecular formula is C57H88IN5O14. The van der Waals surface area contributed by atoms with Gasteiger partial charge in [-0.25, -0.2) is 4.79 Å². The minimum atomic E-state index is -1.90. The van der Waals surface area contributed by atoms with Gasteiger partial charge in [-0.15, -0.1) is 0 Å². The van der Waals surface area contributed by atoms with Gasteiger partial charge in [0.25, 0.3) is 0 Å². The zero-order valence-electron chi connectivity index (χ0n) is 47.5. The van der Waals surface area contributed by atoms with E-state index in [-0.39, 0.29) is 33.7 Å². The molecule has 1 unspecified atom stereocenters. The first-order valence-electron chi connectivity index (χ1n) is 28.1. The molecule has 432 valence electrons. The Labute approximate surface area is 461 Å². The number of esters is 1. The van der Waals surface area contributed by atoms with Crippen LogP contribution < -0.4 is 21.4 Å². The summed E-state index contributed by atoms with van der Waals surface area (Å²) in [6, 6.07) is 3.89. The number of aliphatic hydroxyl groups is 1. The van der Waals surface area contributed by atoms with Crippen molar-refractivity contribution in [3.63, 3.8) is 0 Å². The second-order valence-electron chi connectivity index (χ2n) is 23.7. The van der Waals surface area contributed by atoms with Crippen molar-refractivity contribution < 1.29 is 62.5 Å². The van der Waals surface area contributed by atoms with Gasteiger partial charge in [-0.3, -0.25) is 4.79 Å². The third-order valence-corrected chi connectivity index (χ3v) is 23.8. The van der Waals surface area contributed by atoms with E-state index in [1.807, 2.05) is 71.2 Å². The van der Waals surface area contributed by atoms with Gasteiger partial charge in [0.1, 0.15) is 5.56 Å². The number of methoxy groups -OCH3 is 1. The Balaban J connectivity index is 0.952. The SMILES string of the molecule is CC[C@H]1OC(=O)[C@H](C)[C@@H](O[C@H]2CI(C)[C@@H](OCCCNCCCc3cc4c5c(c3)c(=O)c(C(=O)O)cn5CCC4)[C@H](C)O2)[C@H](C)[C@@H](C[C@@H]2O[C@H](C)C[C@H](N(C)C)[C@H]2O)[C@](C)(OC)C[C@@H](C)C(=O)[C@@H]2CNC23NC(=O)O[C@]13C. The van der Waals surface area contributed by atoms with Crippen molar-refractivity contribution in [2.24, 2.45) is 29.6 Å². The molecule has 8 rings (SSSR count). The number of Topliss-reactive ketones (excluding diaryl/α,β-unsaturated/α-hetero) is 1. The van der Waals surface area contributed by atoms with E-state index in [2.05, 4.69) is 33.9 Å². The number of pyridine rings is 1. The number of amides is 1. The van der Waals surface area contributed by atoms with E-state index in [9.17, 15) is 34.2 Å². The van der Waals surface area contributed by atoms with Crippen LogP contribution >= 0.6 is 19.8 Å². The number of nitrogens with zero attached hydrogens (tertiary/aromatic N) is 2. The van der Waals surface area contributed by atoms with E-state index in [1.54, 1.807) is 14.0 Å². The molecule has 6 aliphatic heterocycles. The zero-order valence-corrected chi connectivity index (χ0v) is 49.6. The van der Waals surface area contributed by atoms with Crippen molar-refractivity contribution in [1.29, 1.82) is 0 Å². The van der Waals surface area contributed by atoms with Gasteiger partial charge in [0, 0.05) is 12.7 Å². The molecule has 17 atom stereocenters. The third-order valence-electron chi connectivity index (χ3n) is 18.2. The van der Waals surface area contributed by atoms with E-state index in [0.29, 0.717) is 55.2 Å². The molecule has 0 bridgehead atoms. The Morgan fingerprint density at radius 3 is 2.45 bits per heavy atom. The maximum atomic E-state index is 14.9. The van der Waals surface area contributed by atoms with Crippen LogP contribution in [0.5, 0.6) is 0 Å². The van der Waals surface area contributed by atoms with Gasteiger partial charge in [-0.05, 0) is 12.8 Å². The first-order chi connectivity index (χ1) is 36.5. The number of nitrogens with one attached hydrogen (secondary N) is 3. The summed E-state index contributed by atoms with van der Waals surface area (Å²) < 4.78 is 48.7. The van der Waals surface area contributed by atoms with Crippen molar-refractivity contribution in [3.05, 3.63) is 45.2 Å². The second-order valence-corrected chi connectivity index (χ2v) is 29.4. The molecule has 1 aromatic carbocycles. The van der Waals surface area contributed by atoms with Gasteiger partial charge < -0.3 is 9.67 Å². The number of aromatic carboxylic acids is 1.